The number of benzene rings is 1. The predicted octanol–water partition coefficient (Wildman–Crippen LogP) is 2.92. The van der Waals surface area contributed by atoms with Crippen LogP contribution in [0.5, 0.6) is 5.75 Å². The Morgan fingerprint density at radius 2 is 2.00 bits per heavy atom. The normalized spacial score (nSPS) is 10.9. The Morgan fingerprint density at radius 3 is 2.68 bits per heavy atom. The van der Waals surface area contributed by atoms with Crippen LogP contribution in [-0.2, 0) is 20.1 Å². The molecule has 0 saturated heterocycles. The van der Waals surface area contributed by atoms with Crippen LogP contribution in [0.2, 0.25) is 0 Å². The van der Waals surface area contributed by atoms with E-state index in [1.165, 1.54) is 0 Å². The molecule has 0 unspecified atom stereocenters. The third-order valence-electron chi connectivity index (χ3n) is 2.73. The fraction of sp³-hybridized carbons (Fsp3) is 0.286. The quantitative estimate of drug-likeness (QED) is 0.870. The lowest BCUT2D eigenvalue weighted by molar-refractivity contribution is -0.0505. The van der Waals surface area contributed by atoms with Crippen molar-refractivity contribution in [3.8, 4) is 5.75 Å². The summed E-state index contributed by atoms with van der Waals surface area (Å²) in [6.07, 6.45) is 3.97. The Bertz CT molecular complexity index is 526. The maximum absolute atomic E-state index is 12.2. The van der Waals surface area contributed by atoms with Gasteiger partial charge in [-0.25, -0.2) is 0 Å². The van der Waals surface area contributed by atoms with Crippen LogP contribution in [0.25, 0.3) is 0 Å². The molecule has 0 spiro atoms. The van der Waals surface area contributed by atoms with Crippen LogP contribution in [0.15, 0.2) is 42.7 Å². The van der Waals surface area contributed by atoms with Gasteiger partial charge in [0.2, 0.25) is 0 Å². The first-order valence-corrected chi connectivity index (χ1v) is 5.99. The van der Waals surface area contributed by atoms with Crippen LogP contribution in [0.4, 0.5) is 8.78 Å². The van der Waals surface area contributed by atoms with E-state index in [0.717, 1.165) is 11.1 Å². The maximum atomic E-state index is 12.2. The molecular weight excluding hydrogens is 250 g/mol. The summed E-state index contributed by atoms with van der Waals surface area (Å²) in [6, 6.07) is 8.81. The average molecular weight is 266 g/mol. The van der Waals surface area contributed by atoms with E-state index in [0.29, 0.717) is 13.1 Å². The van der Waals surface area contributed by atoms with E-state index >= 15 is 0 Å². The molecule has 0 bridgehead atoms. The molecule has 2 aromatic rings. The Morgan fingerprint density at radius 1 is 1.21 bits per heavy atom. The third-order valence-corrected chi connectivity index (χ3v) is 2.73. The Hall–Kier alpha value is -1.88. The molecule has 0 amide bonds. The van der Waals surface area contributed by atoms with Crippen molar-refractivity contribution in [3.05, 3.63) is 53.9 Å². The molecular formula is C14H16F2N2O. The number of para-hydroxylation sites is 1. The number of nitrogens with zero attached hydrogens (tertiary/aromatic N) is 1. The molecule has 1 aromatic carbocycles. The summed E-state index contributed by atoms with van der Waals surface area (Å²) < 4.78 is 30.9. The number of rotatable bonds is 6. The summed E-state index contributed by atoms with van der Waals surface area (Å²) >= 11 is 0. The number of halogens is 2. The van der Waals surface area contributed by atoms with Crippen molar-refractivity contribution in [1.29, 1.82) is 0 Å². The topological polar surface area (TPSA) is 26.2 Å². The molecule has 1 heterocycles. The largest absolute Gasteiger partial charge is 0.434 e. The minimum atomic E-state index is -2.80. The third kappa shape index (κ3) is 4.06. The summed E-state index contributed by atoms with van der Waals surface area (Å²) in [4.78, 5) is 0. The first-order chi connectivity index (χ1) is 9.15. The molecule has 0 saturated carbocycles. The SMILES string of the molecule is Cn1ccc(CNCc2ccccc2OC(F)F)c1. The minimum absolute atomic E-state index is 0.220. The monoisotopic (exact) mass is 266 g/mol. The average Bonchev–Trinajstić information content (AvgIpc) is 2.77. The smallest absolute Gasteiger partial charge is 0.387 e. The summed E-state index contributed by atoms with van der Waals surface area (Å²) in [5.74, 6) is 0.220. The van der Waals surface area contributed by atoms with Gasteiger partial charge in [0.1, 0.15) is 5.75 Å². The van der Waals surface area contributed by atoms with E-state index < -0.39 is 6.61 Å². The second-order valence-electron chi connectivity index (χ2n) is 4.28. The Balaban J connectivity index is 1.92. The number of hydrogen-bond acceptors (Lipinski definition) is 2. The summed E-state index contributed by atoms with van der Waals surface area (Å²) in [7, 11) is 1.95. The highest BCUT2D eigenvalue weighted by atomic mass is 19.3. The molecule has 1 aromatic heterocycles. The molecule has 0 aliphatic rings. The Labute approximate surface area is 110 Å². The van der Waals surface area contributed by atoms with E-state index in [4.69, 9.17) is 0 Å². The summed E-state index contributed by atoms with van der Waals surface area (Å²) in [6.45, 7) is -1.63. The van der Waals surface area contributed by atoms with Crippen molar-refractivity contribution in [2.45, 2.75) is 19.7 Å². The van der Waals surface area contributed by atoms with E-state index in [1.54, 1.807) is 24.3 Å². The van der Waals surface area contributed by atoms with E-state index in [2.05, 4.69) is 10.1 Å². The van der Waals surface area contributed by atoms with Crippen molar-refractivity contribution in [2.75, 3.05) is 0 Å². The highest BCUT2D eigenvalue weighted by Crippen LogP contribution is 2.20. The number of alkyl halides is 2. The van der Waals surface area contributed by atoms with Gasteiger partial charge in [0.15, 0.2) is 0 Å². The lowest BCUT2D eigenvalue weighted by Crippen LogP contribution is -2.14. The van der Waals surface area contributed by atoms with Gasteiger partial charge in [-0.2, -0.15) is 8.78 Å². The van der Waals surface area contributed by atoms with Gasteiger partial charge >= 0.3 is 6.61 Å². The second kappa shape index (κ2) is 6.33. The minimum Gasteiger partial charge on any atom is -0.434 e. The first kappa shape index (κ1) is 13.5. The van der Waals surface area contributed by atoms with Crippen LogP contribution in [0.3, 0.4) is 0 Å². The molecule has 0 aliphatic heterocycles. The maximum Gasteiger partial charge on any atom is 0.387 e. The van der Waals surface area contributed by atoms with Crippen LogP contribution >= 0.6 is 0 Å². The molecule has 2 rings (SSSR count). The second-order valence-corrected chi connectivity index (χ2v) is 4.28. The van der Waals surface area contributed by atoms with Gasteiger partial charge in [0, 0.05) is 38.1 Å². The van der Waals surface area contributed by atoms with Crippen molar-refractivity contribution >= 4 is 0 Å². The molecule has 1 N–H and O–H groups in total. The number of nitrogens with one attached hydrogen (secondary N) is 1. The molecule has 3 nitrogen and oxygen atoms in total. The number of ether oxygens (including phenoxy) is 1. The van der Waals surface area contributed by atoms with Crippen molar-refractivity contribution in [3.63, 3.8) is 0 Å². The van der Waals surface area contributed by atoms with Crippen LogP contribution in [0.1, 0.15) is 11.1 Å². The van der Waals surface area contributed by atoms with Gasteiger partial charge in [-0.05, 0) is 17.7 Å². The van der Waals surface area contributed by atoms with Gasteiger partial charge in [-0.15, -0.1) is 0 Å². The molecule has 0 radical (unpaired) electrons. The van der Waals surface area contributed by atoms with Crippen LogP contribution in [-0.4, -0.2) is 11.2 Å². The standard InChI is InChI=1S/C14H16F2N2O/c1-18-7-6-11(10-18)8-17-9-12-4-2-3-5-13(12)19-14(15)16/h2-7,10,14,17H,8-9H2,1H3. The van der Waals surface area contributed by atoms with Gasteiger partial charge in [-0.1, -0.05) is 18.2 Å². The number of hydrogen-bond donors (Lipinski definition) is 1. The van der Waals surface area contributed by atoms with Gasteiger partial charge in [0.05, 0.1) is 0 Å². The summed E-state index contributed by atoms with van der Waals surface area (Å²) in [5, 5.41) is 3.21. The predicted molar refractivity (Wildman–Crippen MR) is 69.0 cm³/mol. The van der Waals surface area contributed by atoms with Crippen molar-refractivity contribution < 1.29 is 13.5 Å². The zero-order valence-electron chi connectivity index (χ0n) is 10.6. The molecule has 0 fully saturated rings. The lowest BCUT2D eigenvalue weighted by atomic mass is 10.2. The molecule has 19 heavy (non-hydrogen) atoms. The number of aromatic nitrogens is 1. The molecule has 0 atom stereocenters. The molecule has 102 valence electrons. The molecule has 5 heteroatoms. The van der Waals surface area contributed by atoms with Crippen LogP contribution < -0.4 is 10.1 Å². The van der Waals surface area contributed by atoms with E-state index in [9.17, 15) is 8.78 Å². The first-order valence-electron chi connectivity index (χ1n) is 5.99. The highest BCUT2D eigenvalue weighted by molar-refractivity contribution is 5.33. The fourth-order valence-corrected chi connectivity index (χ4v) is 1.87. The number of aryl methyl sites for hydroxylation is 1. The highest BCUT2D eigenvalue weighted by Gasteiger charge is 2.08. The zero-order valence-corrected chi connectivity index (χ0v) is 10.6. The van der Waals surface area contributed by atoms with Gasteiger partial charge in [-0.3, -0.25) is 0 Å². The summed E-state index contributed by atoms with van der Waals surface area (Å²) in [5.41, 5.74) is 1.87. The Kier molecular flexibility index (Phi) is 4.52. The van der Waals surface area contributed by atoms with Crippen molar-refractivity contribution in [2.24, 2.45) is 7.05 Å². The fourth-order valence-electron chi connectivity index (χ4n) is 1.87. The van der Waals surface area contributed by atoms with Crippen molar-refractivity contribution in [1.82, 2.24) is 9.88 Å². The van der Waals surface area contributed by atoms with E-state index in [1.807, 2.05) is 30.1 Å². The zero-order chi connectivity index (χ0) is 13.7. The van der Waals surface area contributed by atoms with E-state index in [-0.39, 0.29) is 5.75 Å². The van der Waals surface area contributed by atoms with Gasteiger partial charge in [0.25, 0.3) is 0 Å². The van der Waals surface area contributed by atoms with Gasteiger partial charge < -0.3 is 14.6 Å². The molecule has 0 aliphatic carbocycles. The van der Waals surface area contributed by atoms with Crippen LogP contribution in [0, 0.1) is 0 Å². The lowest BCUT2D eigenvalue weighted by Gasteiger charge is -2.11.